The van der Waals surface area contributed by atoms with Gasteiger partial charge in [0, 0.05) is 24.0 Å². The zero-order valence-electron chi connectivity index (χ0n) is 17.0. The van der Waals surface area contributed by atoms with Crippen LogP contribution in [0.15, 0.2) is 54.7 Å². The van der Waals surface area contributed by atoms with Crippen LogP contribution in [0.3, 0.4) is 0 Å². The fourth-order valence-electron chi connectivity index (χ4n) is 3.16. The van der Waals surface area contributed by atoms with Gasteiger partial charge in [-0.1, -0.05) is 17.7 Å². The molecule has 0 aliphatic carbocycles. The van der Waals surface area contributed by atoms with Gasteiger partial charge in [-0.25, -0.2) is 4.98 Å². The molecular formula is C23H24N4O2. The van der Waals surface area contributed by atoms with Gasteiger partial charge in [-0.15, -0.1) is 0 Å². The molecule has 148 valence electrons. The van der Waals surface area contributed by atoms with Gasteiger partial charge in [-0.3, -0.25) is 9.59 Å². The van der Waals surface area contributed by atoms with Gasteiger partial charge >= 0.3 is 0 Å². The number of amides is 2. The van der Waals surface area contributed by atoms with Crippen molar-refractivity contribution in [1.82, 2.24) is 4.98 Å². The summed E-state index contributed by atoms with van der Waals surface area (Å²) in [7, 11) is 0. The highest BCUT2D eigenvalue weighted by molar-refractivity contribution is 6.03. The van der Waals surface area contributed by atoms with Crippen molar-refractivity contribution >= 4 is 34.6 Å². The molecule has 0 saturated heterocycles. The van der Waals surface area contributed by atoms with Crippen LogP contribution in [-0.2, 0) is 4.79 Å². The lowest BCUT2D eigenvalue weighted by molar-refractivity contribution is -0.114. The Hall–Kier alpha value is -3.67. The average Bonchev–Trinajstić information content (AvgIpc) is 2.66. The van der Waals surface area contributed by atoms with Crippen LogP contribution in [0.5, 0.6) is 0 Å². The van der Waals surface area contributed by atoms with Crippen LogP contribution in [0.25, 0.3) is 0 Å². The minimum Gasteiger partial charge on any atom is -0.354 e. The second kappa shape index (κ2) is 8.56. The SMILES string of the molecule is CC(=O)Nc1ccc(Nc2ccc(C(=O)Nc3c(C)cc(C)cc3C)nc2)cc1. The smallest absolute Gasteiger partial charge is 0.274 e. The first kappa shape index (κ1) is 20.1. The minimum absolute atomic E-state index is 0.111. The molecule has 1 aromatic heterocycles. The maximum absolute atomic E-state index is 12.6. The van der Waals surface area contributed by atoms with E-state index in [0.717, 1.165) is 39.4 Å². The quantitative estimate of drug-likeness (QED) is 0.577. The first-order valence-electron chi connectivity index (χ1n) is 9.32. The van der Waals surface area contributed by atoms with Gasteiger partial charge in [0.05, 0.1) is 11.9 Å². The third-order valence-electron chi connectivity index (χ3n) is 4.41. The molecule has 3 rings (SSSR count). The summed E-state index contributed by atoms with van der Waals surface area (Å²) in [6.07, 6.45) is 1.62. The van der Waals surface area contributed by atoms with E-state index >= 15 is 0 Å². The Labute approximate surface area is 170 Å². The van der Waals surface area contributed by atoms with Crippen LogP contribution in [0.1, 0.15) is 34.1 Å². The molecule has 6 heteroatoms. The van der Waals surface area contributed by atoms with E-state index in [2.05, 4.69) is 20.9 Å². The average molecular weight is 388 g/mol. The number of anilines is 4. The molecule has 2 aromatic carbocycles. The van der Waals surface area contributed by atoms with E-state index in [4.69, 9.17) is 0 Å². The van der Waals surface area contributed by atoms with E-state index in [-0.39, 0.29) is 11.8 Å². The van der Waals surface area contributed by atoms with E-state index in [1.807, 2.05) is 57.2 Å². The first-order chi connectivity index (χ1) is 13.8. The van der Waals surface area contributed by atoms with Crippen molar-refractivity contribution in [3.63, 3.8) is 0 Å². The Morgan fingerprint density at radius 3 is 1.93 bits per heavy atom. The molecule has 6 nitrogen and oxygen atoms in total. The van der Waals surface area contributed by atoms with E-state index in [1.54, 1.807) is 18.3 Å². The Kier molecular flexibility index (Phi) is 5.93. The van der Waals surface area contributed by atoms with E-state index in [0.29, 0.717) is 5.69 Å². The second-order valence-electron chi connectivity index (χ2n) is 7.04. The maximum atomic E-state index is 12.6. The molecule has 0 radical (unpaired) electrons. The molecule has 0 spiro atoms. The number of pyridine rings is 1. The van der Waals surface area contributed by atoms with Crippen molar-refractivity contribution in [2.45, 2.75) is 27.7 Å². The van der Waals surface area contributed by atoms with Gasteiger partial charge in [0.2, 0.25) is 5.91 Å². The summed E-state index contributed by atoms with van der Waals surface area (Å²) >= 11 is 0. The normalized spacial score (nSPS) is 10.3. The molecule has 0 aliphatic rings. The number of aryl methyl sites for hydroxylation is 3. The van der Waals surface area contributed by atoms with E-state index in [1.165, 1.54) is 6.92 Å². The lowest BCUT2D eigenvalue weighted by atomic mass is 10.0. The summed E-state index contributed by atoms with van der Waals surface area (Å²) in [5.41, 5.74) is 6.72. The maximum Gasteiger partial charge on any atom is 0.274 e. The van der Waals surface area contributed by atoms with Gasteiger partial charge in [-0.2, -0.15) is 0 Å². The third-order valence-corrected chi connectivity index (χ3v) is 4.41. The fourth-order valence-corrected chi connectivity index (χ4v) is 3.16. The van der Waals surface area contributed by atoms with Crippen molar-refractivity contribution in [1.29, 1.82) is 0 Å². The Morgan fingerprint density at radius 2 is 1.38 bits per heavy atom. The fraction of sp³-hybridized carbons (Fsp3) is 0.174. The van der Waals surface area contributed by atoms with Crippen LogP contribution in [0.2, 0.25) is 0 Å². The third kappa shape index (κ3) is 5.19. The van der Waals surface area contributed by atoms with Crippen molar-refractivity contribution in [2.24, 2.45) is 0 Å². The number of nitrogens with one attached hydrogen (secondary N) is 3. The Morgan fingerprint density at radius 1 is 0.793 bits per heavy atom. The Bertz CT molecular complexity index is 1020. The van der Waals surface area contributed by atoms with E-state index in [9.17, 15) is 9.59 Å². The Balaban J connectivity index is 1.67. The lowest BCUT2D eigenvalue weighted by Crippen LogP contribution is -2.15. The predicted molar refractivity (Wildman–Crippen MR) is 117 cm³/mol. The van der Waals surface area contributed by atoms with Gasteiger partial charge in [0.15, 0.2) is 0 Å². The van der Waals surface area contributed by atoms with Crippen molar-refractivity contribution in [2.75, 3.05) is 16.0 Å². The molecule has 0 fully saturated rings. The molecule has 1 heterocycles. The topological polar surface area (TPSA) is 83.1 Å². The molecule has 3 N–H and O–H groups in total. The molecule has 3 aromatic rings. The summed E-state index contributed by atoms with van der Waals surface area (Å²) in [5.74, 6) is -0.355. The predicted octanol–water partition coefficient (Wildman–Crippen LogP) is 4.96. The van der Waals surface area contributed by atoms with Gasteiger partial charge < -0.3 is 16.0 Å². The highest BCUT2D eigenvalue weighted by atomic mass is 16.2. The van der Waals surface area contributed by atoms with Crippen LogP contribution < -0.4 is 16.0 Å². The standard InChI is InChI=1S/C23H24N4O2/c1-14-11-15(2)22(16(3)12-14)27-23(29)21-10-9-20(13-24-21)26-19-7-5-18(6-8-19)25-17(4)28/h5-13,26H,1-4H3,(H,25,28)(H,27,29). The number of aromatic nitrogens is 1. The van der Waals surface area contributed by atoms with Crippen LogP contribution in [0.4, 0.5) is 22.7 Å². The largest absolute Gasteiger partial charge is 0.354 e. The number of benzene rings is 2. The van der Waals surface area contributed by atoms with Crippen molar-refractivity contribution in [3.05, 3.63) is 77.1 Å². The molecule has 2 amide bonds. The van der Waals surface area contributed by atoms with Crippen LogP contribution in [-0.4, -0.2) is 16.8 Å². The van der Waals surface area contributed by atoms with Gasteiger partial charge in [0.25, 0.3) is 5.91 Å². The molecule has 0 bridgehead atoms. The van der Waals surface area contributed by atoms with Gasteiger partial charge in [-0.05, 0) is 68.3 Å². The zero-order valence-corrected chi connectivity index (χ0v) is 17.0. The summed E-state index contributed by atoms with van der Waals surface area (Å²) in [6.45, 7) is 7.46. The summed E-state index contributed by atoms with van der Waals surface area (Å²) in [4.78, 5) is 27.9. The minimum atomic E-state index is -0.244. The molecular weight excluding hydrogens is 364 g/mol. The van der Waals surface area contributed by atoms with Gasteiger partial charge in [0.1, 0.15) is 5.69 Å². The van der Waals surface area contributed by atoms with Crippen LogP contribution in [0, 0.1) is 20.8 Å². The van der Waals surface area contributed by atoms with Crippen molar-refractivity contribution < 1.29 is 9.59 Å². The number of nitrogens with zero attached hydrogens (tertiary/aromatic N) is 1. The summed E-state index contributed by atoms with van der Waals surface area (Å²) in [5, 5.41) is 8.90. The molecule has 0 saturated carbocycles. The highest BCUT2D eigenvalue weighted by Gasteiger charge is 2.11. The number of hydrogen-bond donors (Lipinski definition) is 3. The number of carbonyl (C=O) groups is 2. The second-order valence-corrected chi connectivity index (χ2v) is 7.04. The number of hydrogen-bond acceptors (Lipinski definition) is 4. The molecule has 0 aliphatic heterocycles. The molecule has 0 atom stereocenters. The lowest BCUT2D eigenvalue weighted by Gasteiger charge is -2.13. The van der Waals surface area contributed by atoms with E-state index < -0.39 is 0 Å². The molecule has 0 unspecified atom stereocenters. The molecule has 29 heavy (non-hydrogen) atoms. The summed E-state index contributed by atoms with van der Waals surface area (Å²) < 4.78 is 0. The summed E-state index contributed by atoms with van der Waals surface area (Å²) in [6, 6.07) is 14.9. The number of rotatable bonds is 5. The van der Waals surface area contributed by atoms with Crippen LogP contribution >= 0.6 is 0 Å². The van der Waals surface area contributed by atoms with Crippen molar-refractivity contribution in [3.8, 4) is 0 Å². The zero-order chi connectivity index (χ0) is 21.0. The number of carbonyl (C=O) groups excluding carboxylic acids is 2. The monoisotopic (exact) mass is 388 g/mol. The first-order valence-corrected chi connectivity index (χ1v) is 9.32. The highest BCUT2D eigenvalue weighted by Crippen LogP contribution is 2.23.